The third-order valence-electron chi connectivity index (χ3n) is 3.38. The van der Waals surface area contributed by atoms with Crippen molar-refractivity contribution >= 4 is 5.97 Å². The lowest BCUT2D eigenvalue weighted by Crippen LogP contribution is -2.38. The highest BCUT2D eigenvalue weighted by atomic mass is 16.5. The van der Waals surface area contributed by atoms with Gasteiger partial charge in [-0.2, -0.15) is 5.10 Å². The zero-order chi connectivity index (χ0) is 14.6. The Bertz CT molecular complexity index is 580. The van der Waals surface area contributed by atoms with Crippen molar-refractivity contribution < 1.29 is 9.53 Å². The Morgan fingerprint density at radius 3 is 2.70 bits per heavy atom. The van der Waals surface area contributed by atoms with E-state index in [-0.39, 0.29) is 12.5 Å². The molecule has 20 heavy (non-hydrogen) atoms. The van der Waals surface area contributed by atoms with E-state index >= 15 is 0 Å². The number of carbonyl (C=O) groups is 1. The molecule has 0 aliphatic rings. The number of para-hydroxylation sites is 1. The van der Waals surface area contributed by atoms with E-state index in [1.165, 1.54) is 7.11 Å². The van der Waals surface area contributed by atoms with Crippen LogP contribution in [0.5, 0.6) is 0 Å². The molecule has 2 N–H and O–H groups in total. The molecule has 1 atom stereocenters. The molecule has 1 heterocycles. The fourth-order valence-electron chi connectivity index (χ4n) is 2.10. The predicted octanol–water partition coefficient (Wildman–Crippen LogP) is 1.55. The van der Waals surface area contributed by atoms with Crippen LogP contribution in [0.4, 0.5) is 0 Å². The van der Waals surface area contributed by atoms with Crippen molar-refractivity contribution in [2.75, 3.05) is 13.7 Å². The summed E-state index contributed by atoms with van der Waals surface area (Å²) in [5.74, 6) is -0.299. The highest BCUT2D eigenvalue weighted by molar-refractivity contribution is 5.77. The van der Waals surface area contributed by atoms with Crippen LogP contribution in [0.1, 0.15) is 12.5 Å². The molecule has 0 saturated heterocycles. The minimum atomic E-state index is -0.723. The number of esters is 1. The second-order valence-corrected chi connectivity index (χ2v) is 5.06. The monoisotopic (exact) mass is 273 g/mol. The lowest BCUT2D eigenvalue weighted by Gasteiger charge is -2.23. The minimum Gasteiger partial charge on any atom is -0.469 e. The van der Waals surface area contributed by atoms with Crippen molar-refractivity contribution in [3.05, 3.63) is 48.3 Å². The van der Waals surface area contributed by atoms with Gasteiger partial charge in [-0.15, -0.1) is 0 Å². The van der Waals surface area contributed by atoms with Crippen molar-refractivity contribution in [3.63, 3.8) is 0 Å². The minimum absolute atomic E-state index is 0.232. The second kappa shape index (κ2) is 5.88. The molecule has 1 aromatic heterocycles. The first kappa shape index (κ1) is 14.3. The summed E-state index contributed by atoms with van der Waals surface area (Å²) in [4.78, 5) is 11.8. The molecular weight excluding hydrogens is 254 g/mol. The summed E-state index contributed by atoms with van der Waals surface area (Å²) in [7, 11) is 1.38. The SMILES string of the molecule is COC(=O)C(C)(CN)Cc1cnn(-c2ccccc2)c1. The van der Waals surface area contributed by atoms with Crippen LogP contribution in [0.15, 0.2) is 42.7 Å². The van der Waals surface area contributed by atoms with Gasteiger partial charge in [0, 0.05) is 12.7 Å². The van der Waals surface area contributed by atoms with Crippen LogP contribution in [0.2, 0.25) is 0 Å². The van der Waals surface area contributed by atoms with E-state index in [1.54, 1.807) is 17.8 Å². The van der Waals surface area contributed by atoms with Crippen LogP contribution in [0, 0.1) is 5.41 Å². The van der Waals surface area contributed by atoms with Gasteiger partial charge in [0.05, 0.1) is 24.4 Å². The fourth-order valence-corrected chi connectivity index (χ4v) is 2.10. The molecule has 1 unspecified atom stereocenters. The molecule has 2 aromatic rings. The molecule has 5 heteroatoms. The van der Waals surface area contributed by atoms with E-state index in [0.717, 1.165) is 11.3 Å². The van der Waals surface area contributed by atoms with E-state index in [9.17, 15) is 4.79 Å². The number of benzene rings is 1. The fraction of sp³-hybridized carbons (Fsp3) is 0.333. The highest BCUT2D eigenvalue weighted by Crippen LogP contribution is 2.23. The summed E-state index contributed by atoms with van der Waals surface area (Å²) in [6.07, 6.45) is 4.17. The van der Waals surface area contributed by atoms with Gasteiger partial charge in [-0.25, -0.2) is 4.68 Å². The molecular formula is C15H19N3O2. The smallest absolute Gasteiger partial charge is 0.313 e. The van der Waals surface area contributed by atoms with Gasteiger partial charge in [-0.3, -0.25) is 4.79 Å². The maximum atomic E-state index is 11.8. The van der Waals surface area contributed by atoms with E-state index in [0.29, 0.717) is 6.42 Å². The number of aromatic nitrogens is 2. The van der Waals surface area contributed by atoms with Gasteiger partial charge >= 0.3 is 5.97 Å². The van der Waals surface area contributed by atoms with Crippen molar-refractivity contribution in [2.24, 2.45) is 11.1 Å². The molecule has 0 radical (unpaired) electrons. The number of hydrogen-bond acceptors (Lipinski definition) is 4. The number of nitrogens with zero attached hydrogens (tertiary/aromatic N) is 2. The molecule has 0 amide bonds. The standard InChI is InChI=1S/C15H19N3O2/c1-15(11-16,14(19)20-2)8-12-9-17-18(10-12)13-6-4-3-5-7-13/h3-7,9-10H,8,11,16H2,1-2H3. The lowest BCUT2D eigenvalue weighted by molar-refractivity contribution is -0.151. The predicted molar refractivity (Wildman–Crippen MR) is 76.4 cm³/mol. The van der Waals surface area contributed by atoms with Crippen LogP contribution >= 0.6 is 0 Å². The van der Waals surface area contributed by atoms with Gasteiger partial charge in [0.2, 0.25) is 0 Å². The van der Waals surface area contributed by atoms with E-state index in [2.05, 4.69) is 5.10 Å². The Labute approximate surface area is 118 Å². The summed E-state index contributed by atoms with van der Waals surface area (Å²) in [5, 5.41) is 4.31. The van der Waals surface area contributed by atoms with Crippen LogP contribution in [-0.4, -0.2) is 29.4 Å². The molecule has 106 valence electrons. The third-order valence-corrected chi connectivity index (χ3v) is 3.38. The maximum absolute atomic E-state index is 11.8. The Morgan fingerprint density at radius 1 is 1.40 bits per heavy atom. The molecule has 0 saturated carbocycles. The maximum Gasteiger partial charge on any atom is 0.313 e. The summed E-state index contributed by atoms with van der Waals surface area (Å²) in [5.41, 5.74) is 6.93. The van der Waals surface area contributed by atoms with E-state index < -0.39 is 5.41 Å². The first-order valence-corrected chi connectivity index (χ1v) is 6.46. The largest absolute Gasteiger partial charge is 0.469 e. The first-order valence-electron chi connectivity index (χ1n) is 6.46. The Balaban J connectivity index is 2.19. The average molecular weight is 273 g/mol. The van der Waals surface area contributed by atoms with E-state index in [4.69, 9.17) is 10.5 Å². The zero-order valence-electron chi connectivity index (χ0n) is 11.7. The van der Waals surface area contributed by atoms with Gasteiger partial charge in [-0.05, 0) is 31.0 Å². The molecule has 5 nitrogen and oxygen atoms in total. The Hall–Kier alpha value is -2.14. The molecule has 0 aliphatic carbocycles. The highest BCUT2D eigenvalue weighted by Gasteiger charge is 2.33. The van der Waals surface area contributed by atoms with Crippen molar-refractivity contribution in [1.82, 2.24) is 9.78 Å². The van der Waals surface area contributed by atoms with Gasteiger partial charge in [0.1, 0.15) is 0 Å². The number of rotatable bonds is 5. The lowest BCUT2D eigenvalue weighted by atomic mass is 9.84. The number of methoxy groups -OCH3 is 1. The van der Waals surface area contributed by atoms with Gasteiger partial charge in [0.15, 0.2) is 0 Å². The molecule has 0 spiro atoms. The van der Waals surface area contributed by atoms with Gasteiger partial charge in [-0.1, -0.05) is 18.2 Å². The summed E-state index contributed by atoms with van der Waals surface area (Å²) < 4.78 is 6.61. The Kier molecular flexibility index (Phi) is 4.20. The zero-order valence-corrected chi connectivity index (χ0v) is 11.7. The summed E-state index contributed by atoms with van der Waals surface area (Å²) in [6, 6.07) is 9.80. The quantitative estimate of drug-likeness (QED) is 0.839. The summed E-state index contributed by atoms with van der Waals surface area (Å²) in [6.45, 7) is 2.04. The summed E-state index contributed by atoms with van der Waals surface area (Å²) >= 11 is 0. The third kappa shape index (κ3) is 2.88. The number of ether oxygens (including phenoxy) is 1. The van der Waals surface area contributed by atoms with Crippen LogP contribution in [0.25, 0.3) is 5.69 Å². The topological polar surface area (TPSA) is 70.1 Å². The molecule has 0 aliphatic heterocycles. The normalized spacial score (nSPS) is 13.8. The van der Waals surface area contributed by atoms with Crippen molar-refractivity contribution in [1.29, 1.82) is 0 Å². The van der Waals surface area contributed by atoms with Crippen molar-refractivity contribution in [3.8, 4) is 5.69 Å². The second-order valence-electron chi connectivity index (χ2n) is 5.06. The van der Waals surface area contributed by atoms with Gasteiger partial charge < -0.3 is 10.5 Å². The van der Waals surface area contributed by atoms with Crippen LogP contribution < -0.4 is 5.73 Å². The molecule has 2 rings (SSSR count). The average Bonchev–Trinajstić information content (AvgIpc) is 2.95. The van der Waals surface area contributed by atoms with Crippen molar-refractivity contribution in [2.45, 2.75) is 13.3 Å². The number of carbonyl (C=O) groups excluding carboxylic acids is 1. The number of hydrogen-bond donors (Lipinski definition) is 1. The molecule has 0 fully saturated rings. The molecule has 1 aromatic carbocycles. The number of nitrogens with two attached hydrogens (primary N) is 1. The van der Waals surface area contributed by atoms with Crippen LogP contribution in [-0.2, 0) is 16.0 Å². The Morgan fingerprint density at radius 2 is 2.10 bits per heavy atom. The first-order chi connectivity index (χ1) is 9.59. The van der Waals surface area contributed by atoms with Crippen LogP contribution in [0.3, 0.4) is 0 Å². The van der Waals surface area contributed by atoms with E-state index in [1.807, 2.05) is 36.5 Å². The molecule has 0 bridgehead atoms. The van der Waals surface area contributed by atoms with Gasteiger partial charge in [0.25, 0.3) is 0 Å².